The van der Waals surface area contributed by atoms with E-state index in [2.05, 4.69) is 11.4 Å². The Morgan fingerprint density at radius 3 is 2.45 bits per heavy atom. The molecule has 1 unspecified atom stereocenters. The van der Waals surface area contributed by atoms with Crippen molar-refractivity contribution in [1.29, 1.82) is 0 Å². The van der Waals surface area contributed by atoms with E-state index >= 15 is 0 Å². The summed E-state index contributed by atoms with van der Waals surface area (Å²) in [6, 6.07) is 8.05. The number of nitrogens with one attached hydrogen (secondary N) is 1. The van der Waals surface area contributed by atoms with Gasteiger partial charge in [0.05, 0.1) is 0 Å². The molecule has 0 aliphatic rings. The Morgan fingerprint density at radius 1 is 1.30 bits per heavy atom. The number of hydrogen-bond acceptors (Lipinski definition) is 2. The summed E-state index contributed by atoms with van der Waals surface area (Å²) in [6.45, 7) is 7.73. The molecule has 110 valence electrons. The van der Waals surface area contributed by atoms with Crippen LogP contribution in [0.3, 0.4) is 0 Å². The largest absolute Gasteiger partial charge is 0.481 e. The van der Waals surface area contributed by atoms with Crippen LogP contribution in [0.15, 0.2) is 24.3 Å². The molecule has 1 amide bonds. The molecule has 0 saturated carbocycles. The lowest BCUT2D eigenvalue weighted by Gasteiger charge is -2.25. The number of rotatable bonds is 5. The van der Waals surface area contributed by atoms with Gasteiger partial charge in [0.2, 0.25) is 5.91 Å². The van der Waals surface area contributed by atoms with Crippen LogP contribution in [-0.4, -0.2) is 23.5 Å². The molecule has 0 bridgehead atoms. The summed E-state index contributed by atoms with van der Waals surface area (Å²) in [7, 11) is 0. The van der Waals surface area contributed by atoms with E-state index in [9.17, 15) is 14.7 Å². The Bertz CT molecular complexity index is 489. The molecule has 4 heteroatoms. The maximum absolute atomic E-state index is 12.0. The third-order valence-corrected chi connectivity index (χ3v) is 3.17. The molecule has 1 aromatic carbocycles. The molecule has 0 saturated heterocycles. The molecule has 0 aromatic heterocycles. The number of hydrogen-bond donors (Lipinski definition) is 2. The van der Waals surface area contributed by atoms with Gasteiger partial charge in [-0.15, -0.1) is 0 Å². The summed E-state index contributed by atoms with van der Waals surface area (Å²) in [5, 5.41) is 11.9. The summed E-state index contributed by atoms with van der Waals surface area (Å²) in [5.41, 5.74) is 1.71. The molecule has 0 spiro atoms. The second-order valence-corrected chi connectivity index (χ2v) is 6.17. The average molecular weight is 277 g/mol. The standard InChI is InChI=1S/C16H23NO3/c1-11-6-5-7-12(10-11)8-9-17-14(18)13(15(19)20)16(2,3)4/h5-7,10,13H,8-9H2,1-4H3,(H,17,18)(H,19,20). The minimum absolute atomic E-state index is 0.419. The van der Waals surface area contributed by atoms with Crippen molar-refractivity contribution in [2.24, 2.45) is 11.3 Å². The van der Waals surface area contributed by atoms with Gasteiger partial charge in [-0.25, -0.2) is 0 Å². The van der Waals surface area contributed by atoms with E-state index in [4.69, 9.17) is 0 Å². The minimum atomic E-state index is -1.08. The molecular formula is C16H23NO3. The van der Waals surface area contributed by atoms with E-state index in [0.717, 1.165) is 5.56 Å². The van der Waals surface area contributed by atoms with Crippen LogP contribution in [-0.2, 0) is 16.0 Å². The molecule has 1 aromatic rings. The average Bonchev–Trinajstić information content (AvgIpc) is 2.26. The van der Waals surface area contributed by atoms with E-state index in [1.165, 1.54) is 5.56 Å². The highest BCUT2D eigenvalue weighted by molar-refractivity contribution is 5.97. The minimum Gasteiger partial charge on any atom is -0.481 e. The molecule has 0 aliphatic heterocycles. The topological polar surface area (TPSA) is 66.4 Å². The maximum Gasteiger partial charge on any atom is 0.316 e. The van der Waals surface area contributed by atoms with Crippen molar-refractivity contribution >= 4 is 11.9 Å². The Kier molecular flexibility index (Phi) is 5.31. The molecular weight excluding hydrogens is 254 g/mol. The van der Waals surface area contributed by atoms with Crippen molar-refractivity contribution < 1.29 is 14.7 Å². The van der Waals surface area contributed by atoms with Crippen LogP contribution >= 0.6 is 0 Å². The highest BCUT2D eigenvalue weighted by Gasteiger charge is 2.37. The van der Waals surface area contributed by atoms with Gasteiger partial charge in [0, 0.05) is 6.54 Å². The number of aliphatic carboxylic acids is 1. The first kappa shape index (κ1) is 16.2. The van der Waals surface area contributed by atoms with Crippen molar-refractivity contribution in [1.82, 2.24) is 5.32 Å². The monoisotopic (exact) mass is 277 g/mol. The van der Waals surface area contributed by atoms with Crippen LogP contribution < -0.4 is 5.32 Å². The summed E-state index contributed by atoms with van der Waals surface area (Å²) in [6.07, 6.45) is 0.698. The predicted octanol–water partition coefficient (Wildman–Crippen LogP) is 2.40. The van der Waals surface area contributed by atoms with Crippen molar-refractivity contribution in [3.63, 3.8) is 0 Å². The van der Waals surface area contributed by atoms with Crippen LogP contribution in [0, 0.1) is 18.3 Å². The van der Waals surface area contributed by atoms with Gasteiger partial charge in [-0.2, -0.15) is 0 Å². The van der Waals surface area contributed by atoms with Crippen molar-refractivity contribution in [3.8, 4) is 0 Å². The third kappa shape index (κ3) is 4.68. The number of benzene rings is 1. The van der Waals surface area contributed by atoms with Gasteiger partial charge in [-0.05, 0) is 24.3 Å². The second kappa shape index (κ2) is 6.55. The first-order valence-electron chi connectivity index (χ1n) is 6.78. The van der Waals surface area contributed by atoms with Crippen LogP contribution in [0.2, 0.25) is 0 Å². The fourth-order valence-corrected chi connectivity index (χ4v) is 2.18. The number of aryl methyl sites for hydroxylation is 1. The smallest absolute Gasteiger partial charge is 0.316 e. The molecule has 0 aliphatic carbocycles. The fourth-order valence-electron chi connectivity index (χ4n) is 2.18. The summed E-state index contributed by atoms with van der Waals surface area (Å²) in [5.74, 6) is -2.52. The normalized spacial score (nSPS) is 12.8. The molecule has 2 N–H and O–H groups in total. The van der Waals surface area contributed by atoms with Crippen LogP contribution in [0.4, 0.5) is 0 Å². The van der Waals surface area contributed by atoms with Gasteiger partial charge >= 0.3 is 5.97 Å². The predicted molar refractivity (Wildman–Crippen MR) is 78.5 cm³/mol. The first-order chi connectivity index (χ1) is 9.21. The number of carboxylic acid groups (broad SMARTS) is 1. The summed E-state index contributed by atoms with van der Waals surface area (Å²) >= 11 is 0. The van der Waals surface area contributed by atoms with E-state index < -0.39 is 23.2 Å². The van der Waals surface area contributed by atoms with Gasteiger partial charge in [-0.1, -0.05) is 50.6 Å². The van der Waals surface area contributed by atoms with Crippen LogP contribution in [0.5, 0.6) is 0 Å². The van der Waals surface area contributed by atoms with Gasteiger partial charge in [-0.3, -0.25) is 9.59 Å². The lowest BCUT2D eigenvalue weighted by Crippen LogP contribution is -2.43. The zero-order valence-corrected chi connectivity index (χ0v) is 12.6. The molecule has 1 atom stereocenters. The lowest BCUT2D eigenvalue weighted by molar-refractivity contribution is -0.151. The Labute approximate surface area is 120 Å². The molecule has 0 fully saturated rings. The van der Waals surface area contributed by atoms with E-state index in [1.54, 1.807) is 20.8 Å². The fraction of sp³-hybridized carbons (Fsp3) is 0.500. The van der Waals surface area contributed by atoms with E-state index in [-0.39, 0.29) is 0 Å². The highest BCUT2D eigenvalue weighted by Crippen LogP contribution is 2.26. The van der Waals surface area contributed by atoms with Crippen molar-refractivity contribution in [2.75, 3.05) is 6.54 Å². The number of carboxylic acids is 1. The molecule has 0 radical (unpaired) electrons. The zero-order valence-electron chi connectivity index (χ0n) is 12.6. The Balaban J connectivity index is 2.56. The Morgan fingerprint density at radius 2 is 1.95 bits per heavy atom. The third-order valence-electron chi connectivity index (χ3n) is 3.17. The van der Waals surface area contributed by atoms with E-state index in [1.807, 2.05) is 25.1 Å². The molecule has 4 nitrogen and oxygen atoms in total. The van der Waals surface area contributed by atoms with Crippen LogP contribution in [0.1, 0.15) is 31.9 Å². The summed E-state index contributed by atoms with van der Waals surface area (Å²) < 4.78 is 0. The zero-order chi connectivity index (χ0) is 15.3. The number of carbonyl (C=O) groups excluding carboxylic acids is 1. The number of carbonyl (C=O) groups is 2. The maximum atomic E-state index is 12.0. The number of amides is 1. The second-order valence-electron chi connectivity index (χ2n) is 6.17. The van der Waals surface area contributed by atoms with Crippen molar-refractivity contribution in [2.45, 2.75) is 34.1 Å². The molecule has 1 rings (SSSR count). The van der Waals surface area contributed by atoms with Crippen LogP contribution in [0.25, 0.3) is 0 Å². The summed E-state index contributed by atoms with van der Waals surface area (Å²) in [4.78, 5) is 23.2. The van der Waals surface area contributed by atoms with E-state index in [0.29, 0.717) is 13.0 Å². The first-order valence-corrected chi connectivity index (χ1v) is 6.78. The van der Waals surface area contributed by atoms with Crippen molar-refractivity contribution in [3.05, 3.63) is 35.4 Å². The molecule has 20 heavy (non-hydrogen) atoms. The van der Waals surface area contributed by atoms with Gasteiger partial charge in [0.25, 0.3) is 0 Å². The van der Waals surface area contributed by atoms with Gasteiger partial charge < -0.3 is 10.4 Å². The SMILES string of the molecule is Cc1cccc(CCNC(=O)C(C(=O)O)C(C)(C)C)c1. The lowest BCUT2D eigenvalue weighted by atomic mass is 9.80. The Hall–Kier alpha value is -1.84. The van der Waals surface area contributed by atoms with Gasteiger partial charge in [0.1, 0.15) is 5.92 Å². The highest BCUT2D eigenvalue weighted by atomic mass is 16.4. The quantitative estimate of drug-likeness (QED) is 0.812. The van der Waals surface area contributed by atoms with Gasteiger partial charge in [0.15, 0.2) is 0 Å². The molecule has 0 heterocycles.